The smallest absolute Gasteiger partial charge is 0.0419 e. The molecule has 2 aromatic rings. The Morgan fingerprint density at radius 2 is 1.81 bits per heavy atom. The maximum Gasteiger partial charge on any atom is 0.0419 e. The van der Waals surface area contributed by atoms with Crippen molar-refractivity contribution >= 4 is 16.5 Å². The van der Waals surface area contributed by atoms with Crippen molar-refractivity contribution in [1.29, 1.82) is 0 Å². The highest BCUT2D eigenvalue weighted by molar-refractivity contribution is 5.93. The van der Waals surface area contributed by atoms with Gasteiger partial charge in [-0.1, -0.05) is 42.8 Å². The molecule has 0 radical (unpaired) electrons. The van der Waals surface area contributed by atoms with Crippen LogP contribution in [-0.2, 0) is 0 Å². The molecule has 0 amide bonds. The lowest BCUT2D eigenvalue weighted by Crippen LogP contribution is -2.20. The summed E-state index contributed by atoms with van der Waals surface area (Å²) >= 11 is 0. The van der Waals surface area contributed by atoms with Gasteiger partial charge in [-0.3, -0.25) is 0 Å². The topological polar surface area (TPSA) is 12.0 Å². The molecule has 1 fully saturated rings. The summed E-state index contributed by atoms with van der Waals surface area (Å²) in [5.74, 6) is 0.902. The molecule has 1 aliphatic carbocycles. The van der Waals surface area contributed by atoms with Gasteiger partial charge in [-0.15, -0.1) is 0 Å². The van der Waals surface area contributed by atoms with Crippen molar-refractivity contribution in [2.75, 3.05) is 11.9 Å². The zero-order valence-electron chi connectivity index (χ0n) is 9.45. The maximum absolute atomic E-state index is 3.59. The fourth-order valence-corrected chi connectivity index (χ4v) is 2.33. The van der Waals surface area contributed by atoms with Gasteiger partial charge in [0.25, 0.3) is 0 Å². The largest absolute Gasteiger partial charge is 0.384 e. The number of fused-ring (bicyclic) bond motifs is 1. The molecule has 1 saturated carbocycles. The molecule has 0 heterocycles. The monoisotopic (exact) mass is 211 g/mol. The first-order chi connectivity index (χ1) is 7.93. The van der Waals surface area contributed by atoms with Crippen LogP contribution in [-0.4, -0.2) is 6.54 Å². The lowest BCUT2D eigenvalue weighted by Gasteiger charge is -2.26. The van der Waals surface area contributed by atoms with Crippen molar-refractivity contribution in [3.8, 4) is 0 Å². The predicted molar refractivity (Wildman–Crippen MR) is 69.8 cm³/mol. The van der Waals surface area contributed by atoms with E-state index in [-0.39, 0.29) is 0 Å². The highest BCUT2D eigenvalue weighted by Crippen LogP contribution is 2.28. The van der Waals surface area contributed by atoms with E-state index in [0.717, 1.165) is 12.5 Å². The van der Waals surface area contributed by atoms with Crippen LogP contribution in [0.5, 0.6) is 0 Å². The Morgan fingerprint density at radius 1 is 1.00 bits per heavy atom. The van der Waals surface area contributed by atoms with E-state index in [1.54, 1.807) is 0 Å². The van der Waals surface area contributed by atoms with Crippen LogP contribution in [0.3, 0.4) is 0 Å². The highest BCUT2D eigenvalue weighted by atomic mass is 14.9. The average Bonchev–Trinajstić information content (AvgIpc) is 2.27. The van der Waals surface area contributed by atoms with Crippen molar-refractivity contribution in [2.45, 2.75) is 19.3 Å². The Kier molecular flexibility index (Phi) is 2.53. The number of nitrogens with one attached hydrogen (secondary N) is 1. The van der Waals surface area contributed by atoms with Crippen LogP contribution in [0.2, 0.25) is 0 Å². The molecule has 1 aliphatic rings. The number of anilines is 1. The maximum atomic E-state index is 3.59. The van der Waals surface area contributed by atoms with Gasteiger partial charge in [0, 0.05) is 17.6 Å². The Balaban J connectivity index is 1.84. The molecular formula is C15H17N. The molecule has 0 bridgehead atoms. The van der Waals surface area contributed by atoms with Crippen LogP contribution < -0.4 is 5.32 Å². The SMILES string of the molecule is c1ccc2c(NCC3CCC3)cccc2c1. The second-order valence-corrected chi connectivity index (χ2v) is 4.70. The number of hydrogen-bond donors (Lipinski definition) is 1. The van der Waals surface area contributed by atoms with E-state index in [2.05, 4.69) is 47.8 Å². The van der Waals surface area contributed by atoms with Crippen molar-refractivity contribution in [3.63, 3.8) is 0 Å². The van der Waals surface area contributed by atoms with Gasteiger partial charge < -0.3 is 5.32 Å². The van der Waals surface area contributed by atoms with Gasteiger partial charge in [0.1, 0.15) is 0 Å². The summed E-state index contributed by atoms with van der Waals surface area (Å²) < 4.78 is 0. The molecule has 0 aromatic heterocycles. The molecule has 0 unspecified atom stereocenters. The van der Waals surface area contributed by atoms with Crippen LogP contribution in [0, 0.1) is 5.92 Å². The Labute approximate surface area is 96.5 Å². The van der Waals surface area contributed by atoms with Crippen LogP contribution in [0.25, 0.3) is 10.8 Å². The van der Waals surface area contributed by atoms with Crippen LogP contribution in [0.15, 0.2) is 42.5 Å². The molecule has 82 valence electrons. The third kappa shape index (κ3) is 1.78. The fraction of sp³-hybridized carbons (Fsp3) is 0.333. The quantitative estimate of drug-likeness (QED) is 0.807. The fourth-order valence-electron chi connectivity index (χ4n) is 2.33. The third-order valence-electron chi connectivity index (χ3n) is 3.60. The van der Waals surface area contributed by atoms with Crippen LogP contribution in [0.1, 0.15) is 19.3 Å². The summed E-state index contributed by atoms with van der Waals surface area (Å²) in [6.07, 6.45) is 4.22. The molecule has 0 aliphatic heterocycles. The standard InChI is InChI=1S/C15H17N/c1-2-9-14-13(7-1)8-4-10-15(14)16-11-12-5-3-6-12/h1-2,4,7-10,12,16H,3,5-6,11H2. The van der Waals surface area contributed by atoms with Gasteiger partial charge in [-0.05, 0) is 30.2 Å². The van der Waals surface area contributed by atoms with Crippen molar-refractivity contribution in [2.24, 2.45) is 5.92 Å². The minimum Gasteiger partial charge on any atom is -0.384 e. The van der Waals surface area contributed by atoms with Crippen molar-refractivity contribution < 1.29 is 0 Å². The molecule has 3 rings (SSSR count). The molecule has 16 heavy (non-hydrogen) atoms. The van der Waals surface area contributed by atoms with Crippen LogP contribution in [0.4, 0.5) is 5.69 Å². The van der Waals surface area contributed by atoms with E-state index < -0.39 is 0 Å². The molecule has 0 atom stereocenters. The van der Waals surface area contributed by atoms with E-state index in [0.29, 0.717) is 0 Å². The van der Waals surface area contributed by atoms with Crippen molar-refractivity contribution in [3.05, 3.63) is 42.5 Å². The summed E-state index contributed by atoms with van der Waals surface area (Å²) in [6.45, 7) is 1.13. The minimum absolute atomic E-state index is 0.902. The van der Waals surface area contributed by atoms with E-state index in [1.807, 2.05) is 0 Å². The number of benzene rings is 2. The van der Waals surface area contributed by atoms with Gasteiger partial charge in [-0.25, -0.2) is 0 Å². The number of hydrogen-bond acceptors (Lipinski definition) is 1. The summed E-state index contributed by atoms with van der Waals surface area (Å²) in [5.41, 5.74) is 1.28. The third-order valence-corrected chi connectivity index (χ3v) is 3.60. The first kappa shape index (κ1) is 9.71. The van der Waals surface area contributed by atoms with Gasteiger partial charge in [0.15, 0.2) is 0 Å². The lowest BCUT2D eigenvalue weighted by molar-refractivity contribution is 0.333. The second-order valence-electron chi connectivity index (χ2n) is 4.70. The highest BCUT2D eigenvalue weighted by Gasteiger charge is 2.16. The molecular weight excluding hydrogens is 194 g/mol. The number of rotatable bonds is 3. The normalized spacial score (nSPS) is 16.0. The Morgan fingerprint density at radius 3 is 2.62 bits per heavy atom. The van der Waals surface area contributed by atoms with E-state index >= 15 is 0 Å². The van der Waals surface area contributed by atoms with Gasteiger partial charge in [-0.2, -0.15) is 0 Å². The summed E-state index contributed by atoms with van der Waals surface area (Å²) in [5, 5.41) is 6.25. The second kappa shape index (κ2) is 4.17. The summed E-state index contributed by atoms with van der Waals surface area (Å²) in [6, 6.07) is 15.0. The van der Waals surface area contributed by atoms with Gasteiger partial charge in [0.2, 0.25) is 0 Å². The molecule has 2 aromatic carbocycles. The molecule has 0 saturated heterocycles. The minimum atomic E-state index is 0.902. The zero-order chi connectivity index (χ0) is 10.8. The van der Waals surface area contributed by atoms with Gasteiger partial charge in [0.05, 0.1) is 0 Å². The van der Waals surface area contributed by atoms with E-state index in [4.69, 9.17) is 0 Å². The average molecular weight is 211 g/mol. The molecule has 1 N–H and O–H groups in total. The summed E-state index contributed by atoms with van der Waals surface area (Å²) in [4.78, 5) is 0. The molecule has 1 heteroatoms. The van der Waals surface area contributed by atoms with Crippen LogP contribution >= 0.6 is 0 Å². The van der Waals surface area contributed by atoms with E-state index in [1.165, 1.54) is 35.7 Å². The Hall–Kier alpha value is -1.50. The first-order valence-electron chi connectivity index (χ1n) is 6.15. The predicted octanol–water partition coefficient (Wildman–Crippen LogP) is 4.05. The van der Waals surface area contributed by atoms with Gasteiger partial charge >= 0.3 is 0 Å². The Bertz CT molecular complexity index is 480. The zero-order valence-corrected chi connectivity index (χ0v) is 9.45. The first-order valence-corrected chi connectivity index (χ1v) is 6.15. The van der Waals surface area contributed by atoms with E-state index in [9.17, 15) is 0 Å². The molecule has 1 nitrogen and oxygen atoms in total. The summed E-state index contributed by atoms with van der Waals surface area (Å²) in [7, 11) is 0. The molecule has 0 spiro atoms. The van der Waals surface area contributed by atoms with Crippen molar-refractivity contribution in [1.82, 2.24) is 0 Å². The lowest BCUT2D eigenvalue weighted by atomic mass is 9.85.